The summed E-state index contributed by atoms with van der Waals surface area (Å²) in [5.41, 5.74) is 8.01. The summed E-state index contributed by atoms with van der Waals surface area (Å²) in [6.07, 6.45) is 7.19. The molecule has 0 unspecified atom stereocenters. The molecule has 0 aliphatic heterocycles. The van der Waals surface area contributed by atoms with Crippen molar-refractivity contribution in [3.8, 4) is 11.5 Å². The molecule has 3 heteroatoms. The molecule has 0 bridgehead atoms. The molecular weight excluding hydrogens is 432 g/mol. The van der Waals surface area contributed by atoms with E-state index in [4.69, 9.17) is 4.74 Å². The topological polar surface area (TPSA) is 49.7 Å². The molecule has 3 atom stereocenters. The largest absolute Gasteiger partial charge is 0.508 e. The van der Waals surface area contributed by atoms with Crippen molar-refractivity contribution in [2.75, 3.05) is 7.11 Å². The van der Waals surface area contributed by atoms with Gasteiger partial charge in [0, 0.05) is 17.0 Å². The molecule has 180 valence electrons. The van der Waals surface area contributed by atoms with Crippen LogP contribution in [0.25, 0.3) is 0 Å². The lowest BCUT2D eigenvalue weighted by Crippen LogP contribution is -2.44. The van der Waals surface area contributed by atoms with E-state index >= 15 is 0 Å². The van der Waals surface area contributed by atoms with Crippen molar-refractivity contribution in [1.29, 1.82) is 0 Å². The average molecular weight is 467 g/mol. The fourth-order valence-corrected chi connectivity index (χ4v) is 7.65. The summed E-state index contributed by atoms with van der Waals surface area (Å²) in [5, 5.41) is 21.4. The SMILES string of the molecule is COc1cc(O)cc2c1[C@@]1(Cc3ccccc3)CC[C@]3(Cc4ccccc4)C[C@H](O)CC3=C1CC2. The quantitative estimate of drug-likeness (QED) is 0.434. The minimum absolute atomic E-state index is 0.0257. The molecule has 0 heterocycles. The smallest absolute Gasteiger partial charge is 0.126 e. The van der Waals surface area contributed by atoms with E-state index in [1.807, 2.05) is 6.07 Å². The van der Waals surface area contributed by atoms with Gasteiger partial charge >= 0.3 is 0 Å². The van der Waals surface area contributed by atoms with E-state index in [-0.39, 0.29) is 22.7 Å². The van der Waals surface area contributed by atoms with E-state index < -0.39 is 0 Å². The van der Waals surface area contributed by atoms with Crippen LogP contribution in [-0.4, -0.2) is 23.4 Å². The molecule has 0 amide bonds. The highest BCUT2D eigenvalue weighted by Crippen LogP contribution is 2.63. The Morgan fingerprint density at radius 3 is 2.23 bits per heavy atom. The first kappa shape index (κ1) is 22.4. The summed E-state index contributed by atoms with van der Waals surface area (Å²) in [4.78, 5) is 0. The van der Waals surface area contributed by atoms with Crippen LogP contribution in [0.3, 0.4) is 0 Å². The number of ether oxygens (including phenoxy) is 1. The van der Waals surface area contributed by atoms with Crippen LogP contribution in [-0.2, 0) is 24.7 Å². The normalized spacial score (nSPS) is 27.2. The Hall–Kier alpha value is -3.04. The third kappa shape index (κ3) is 3.68. The molecule has 1 saturated carbocycles. The van der Waals surface area contributed by atoms with E-state index in [2.05, 4.69) is 60.7 Å². The number of hydrogen-bond donors (Lipinski definition) is 2. The van der Waals surface area contributed by atoms with Gasteiger partial charge in [0.1, 0.15) is 11.5 Å². The average Bonchev–Trinajstić information content (AvgIpc) is 3.20. The van der Waals surface area contributed by atoms with E-state index in [1.165, 1.54) is 33.4 Å². The molecule has 3 aromatic rings. The number of methoxy groups -OCH3 is 1. The number of fused-ring (bicyclic) bond motifs is 4. The number of aryl methyl sites for hydroxylation is 1. The standard InChI is InChI=1S/C32H34O3/c1-35-29-18-25(33)16-24-12-13-27-28-17-26(34)21-31(28,19-22-8-4-2-5-9-22)14-15-32(27,30(24)29)20-23-10-6-3-7-11-23/h2-11,16,18,26,33-34H,12-15,17,19-21H2,1H3/t26-,31+,32-/m1/s1. The van der Waals surface area contributed by atoms with Gasteiger partial charge in [-0.2, -0.15) is 0 Å². The van der Waals surface area contributed by atoms with Crippen LogP contribution in [0.5, 0.6) is 11.5 Å². The minimum Gasteiger partial charge on any atom is -0.508 e. The third-order valence-corrected chi connectivity index (χ3v) is 8.92. The van der Waals surface area contributed by atoms with Crippen LogP contribution in [0.1, 0.15) is 54.4 Å². The zero-order valence-electron chi connectivity index (χ0n) is 20.5. The zero-order valence-corrected chi connectivity index (χ0v) is 20.5. The predicted octanol–water partition coefficient (Wildman–Crippen LogP) is 6.30. The summed E-state index contributed by atoms with van der Waals surface area (Å²) < 4.78 is 5.93. The van der Waals surface area contributed by atoms with Gasteiger partial charge in [0.25, 0.3) is 0 Å². The Morgan fingerprint density at radius 1 is 0.857 bits per heavy atom. The molecule has 3 aromatic carbocycles. The van der Waals surface area contributed by atoms with Crippen LogP contribution in [0, 0.1) is 5.41 Å². The number of aromatic hydroxyl groups is 1. The minimum atomic E-state index is -0.281. The molecule has 3 nitrogen and oxygen atoms in total. The molecule has 0 saturated heterocycles. The first-order valence-electron chi connectivity index (χ1n) is 12.9. The van der Waals surface area contributed by atoms with Gasteiger partial charge in [0.2, 0.25) is 0 Å². The summed E-state index contributed by atoms with van der Waals surface area (Å²) >= 11 is 0. The van der Waals surface area contributed by atoms with Gasteiger partial charge in [-0.3, -0.25) is 0 Å². The number of rotatable bonds is 5. The molecule has 0 spiro atoms. The zero-order chi connectivity index (χ0) is 24.0. The maximum atomic E-state index is 11.0. The number of allylic oxidation sites excluding steroid dienone is 1. The first-order valence-corrected chi connectivity index (χ1v) is 12.9. The number of aliphatic hydroxyl groups excluding tert-OH is 1. The summed E-state index contributed by atoms with van der Waals surface area (Å²) in [5.74, 6) is 1.07. The Morgan fingerprint density at radius 2 is 1.54 bits per heavy atom. The Kier molecular flexibility index (Phi) is 5.49. The van der Waals surface area contributed by atoms with Gasteiger partial charge in [-0.05, 0) is 79.5 Å². The molecule has 1 fully saturated rings. The lowest BCUT2D eigenvalue weighted by Gasteiger charge is -2.51. The Balaban J connectivity index is 1.56. The lowest BCUT2D eigenvalue weighted by molar-refractivity contribution is 0.148. The number of phenolic OH excluding ortho intramolecular Hbond substituents is 1. The van der Waals surface area contributed by atoms with Gasteiger partial charge in [0.15, 0.2) is 0 Å². The first-order chi connectivity index (χ1) is 17.0. The second-order valence-electron chi connectivity index (χ2n) is 10.9. The van der Waals surface area contributed by atoms with Crippen molar-refractivity contribution in [1.82, 2.24) is 0 Å². The fourth-order valence-electron chi connectivity index (χ4n) is 7.65. The molecule has 3 aliphatic carbocycles. The van der Waals surface area contributed by atoms with Gasteiger partial charge in [-0.25, -0.2) is 0 Å². The number of phenols is 1. The van der Waals surface area contributed by atoms with Crippen LogP contribution < -0.4 is 4.74 Å². The molecule has 0 radical (unpaired) electrons. The van der Waals surface area contributed by atoms with Crippen LogP contribution >= 0.6 is 0 Å². The van der Waals surface area contributed by atoms with Crippen molar-refractivity contribution in [3.63, 3.8) is 0 Å². The third-order valence-electron chi connectivity index (χ3n) is 8.92. The number of benzene rings is 3. The second-order valence-corrected chi connectivity index (χ2v) is 10.9. The molecular formula is C32H34O3. The summed E-state index contributed by atoms with van der Waals surface area (Å²) in [6, 6.07) is 25.3. The van der Waals surface area contributed by atoms with Crippen molar-refractivity contribution in [3.05, 3.63) is 106 Å². The van der Waals surface area contributed by atoms with E-state index in [0.29, 0.717) is 0 Å². The molecule has 35 heavy (non-hydrogen) atoms. The van der Waals surface area contributed by atoms with Gasteiger partial charge < -0.3 is 14.9 Å². The maximum absolute atomic E-state index is 11.0. The molecule has 3 aliphatic rings. The molecule has 6 rings (SSSR count). The van der Waals surface area contributed by atoms with Gasteiger partial charge in [0.05, 0.1) is 13.2 Å². The monoisotopic (exact) mass is 466 g/mol. The number of aliphatic hydroxyl groups is 1. The molecule has 0 aromatic heterocycles. The van der Waals surface area contributed by atoms with Crippen molar-refractivity contribution in [2.45, 2.75) is 62.9 Å². The van der Waals surface area contributed by atoms with E-state index in [1.54, 1.807) is 13.2 Å². The summed E-state index contributed by atoms with van der Waals surface area (Å²) in [7, 11) is 1.72. The van der Waals surface area contributed by atoms with Crippen LogP contribution in [0.15, 0.2) is 83.9 Å². The highest BCUT2D eigenvalue weighted by molar-refractivity contribution is 5.60. The lowest BCUT2D eigenvalue weighted by atomic mass is 9.52. The second kappa shape index (κ2) is 8.57. The Labute approximate surface area is 208 Å². The van der Waals surface area contributed by atoms with Crippen LogP contribution in [0.4, 0.5) is 0 Å². The maximum Gasteiger partial charge on any atom is 0.126 e. The fraction of sp³-hybridized carbons (Fsp3) is 0.375. The Bertz CT molecular complexity index is 1250. The van der Waals surface area contributed by atoms with Gasteiger partial charge in [-0.1, -0.05) is 71.8 Å². The number of hydrogen-bond acceptors (Lipinski definition) is 3. The van der Waals surface area contributed by atoms with Crippen LogP contribution in [0.2, 0.25) is 0 Å². The van der Waals surface area contributed by atoms with Crippen molar-refractivity contribution < 1.29 is 14.9 Å². The highest BCUT2D eigenvalue weighted by Gasteiger charge is 2.54. The van der Waals surface area contributed by atoms with E-state index in [9.17, 15) is 10.2 Å². The summed E-state index contributed by atoms with van der Waals surface area (Å²) in [6.45, 7) is 0. The van der Waals surface area contributed by atoms with Gasteiger partial charge in [-0.15, -0.1) is 0 Å². The highest BCUT2D eigenvalue weighted by atomic mass is 16.5. The van der Waals surface area contributed by atoms with Crippen molar-refractivity contribution >= 4 is 0 Å². The van der Waals surface area contributed by atoms with E-state index in [0.717, 1.165) is 57.1 Å². The predicted molar refractivity (Wildman–Crippen MR) is 139 cm³/mol. The molecule has 2 N–H and O–H groups in total. The van der Waals surface area contributed by atoms with Crippen molar-refractivity contribution in [2.24, 2.45) is 5.41 Å².